The summed E-state index contributed by atoms with van der Waals surface area (Å²) >= 11 is 0. The third-order valence-electron chi connectivity index (χ3n) is 1.27. The van der Waals surface area contributed by atoms with E-state index in [1.54, 1.807) is 6.33 Å². The van der Waals surface area contributed by atoms with Gasteiger partial charge in [0, 0.05) is 18.7 Å². The molecule has 0 aliphatic carbocycles. The van der Waals surface area contributed by atoms with Crippen molar-refractivity contribution in [1.82, 2.24) is 9.55 Å². The lowest BCUT2D eigenvalue weighted by Crippen LogP contribution is -1.99. The Labute approximate surface area is 73.6 Å². The molecule has 1 aromatic rings. The van der Waals surface area contributed by atoms with Gasteiger partial charge in [-0.1, -0.05) is 5.92 Å². The van der Waals surface area contributed by atoms with E-state index >= 15 is 0 Å². The summed E-state index contributed by atoms with van der Waals surface area (Å²) in [6.45, 7) is 6.26. The van der Waals surface area contributed by atoms with Crippen LogP contribution in [0.1, 0.15) is 26.5 Å². The Bertz CT molecular complexity index is 318. The number of hydrogen-bond acceptors (Lipinski definition) is 1. The number of aryl methyl sites for hydroxylation is 1. The van der Waals surface area contributed by atoms with Gasteiger partial charge in [0.05, 0.1) is 6.33 Å². The first kappa shape index (κ1) is 8.86. The average Bonchev–Trinajstić information content (AvgIpc) is 2.30. The zero-order chi connectivity index (χ0) is 9.19. The van der Waals surface area contributed by atoms with E-state index in [1.807, 2.05) is 17.8 Å². The van der Waals surface area contributed by atoms with Crippen LogP contribution in [0.5, 0.6) is 0 Å². The number of imidazole rings is 1. The van der Waals surface area contributed by atoms with Gasteiger partial charge < -0.3 is 4.57 Å². The zero-order valence-electron chi connectivity index (χ0n) is 8.05. The maximum atomic E-state index is 4.11. The molecule has 0 aliphatic heterocycles. The second-order valence-corrected chi connectivity index (χ2v) is 3.92. The van der Waals surface area contributed by atoms with Crippen molar-refractivity contribution in [1.29, 1.82) is 0 Å². The quantitative estimate of drug-likeness (QED) is 0.532. The predicted molar refractivity (Wildman–Crippen MR) is 49.5 cm³/mol. The molecule has 0 amide bonds. The van der Waals surface area contributed by atoms with Crippen LogP contribution >= 0.6 is 0 Å². The lowest BCUT2D eigenvalue weighted by Gasteiger charge is -2.06. The van der Waals surface area contributed by atoms with Crippen LogP contribution in [0.15, 0.2) is 12.5 Å². The Kier molecular flexibility index (Phi) is 2.23. The first-order chi connectivity index (χ1) is 5.47. The minimum atomic E-state index is 0.0531. The second-order valence-electron chi connectivity index (χ2n) is 3.92. The Morgan fingerprint density at radius 1 is 1.42 bits per heavy atom. The maximum Gasteiger partial charge on any atom is 0.131 e. The number of aromatic nitrogens is 2. The fourth-order valence-corrected chi connectivity index (χ4v) is 0.729. The monoisotopic (exact) mass is 162 g/mol. The molecule has 0 spiro atoms. The second kappa shape index (κ2) is 3.02. The van der Waals surface area contributed by atoms with Crippen LogP contribution in [0, 0.1) is 17.3 Å². The van der Waals surface area contributed by atoms with Crippen LogP contribution in [-0.2, 0) is 7.05 Å². The summed E-state index contributed by atoms with van der Waals surface area (Å²) in [7, 11) is 1.94. The van der Waals surface area contributed by atoms with Gasteiger partial charge in [0.1, 0.15) is 5.69 Å². The van der Waals surface area contributed by atoms with E-state index in [0.29, 0.717) is 0 Å². The summed E-state index contributed by atoms with van der Waals surface area (Å²) in [6.07, 6.45) is 3.67. The highest BCUT2D eigenvalue weighted by Gasteiger charge is 2.03. The average molecular weight is 162 g/mol. The molecule has 0 unspecified atom stereocenters. The molecule has 64 valence electrons. The molecule has 1 aromatic heterocycles. The van der Waals surface area contributed by atoms with Crippen LogP contribution < -0.4 is 0 Å². The summed E-state index contributed by atoms with van der Waals surface area (Å²) in [5.74, 6) is 6.15. The Hall–Kier alpha value is -1.23. The molecule has 0 radical (unpaired) electrons. The fourth-order valence-electron chi connectivity index (χ4n) is 0.729. The van der Waals surface area contributed by atoms with Crippen molar-refractivity contribution >= 4 is 0 Å². The number of rotatable bonds is 0. The summed E-state index contributed by atoms with van der Waals surface area (Å²) < 4.78 is 1.90. The van der Waals surface area contributed by atoms with E-state index in [-0.39, 0.29) is 5.41 Å². The largest absolute Gasteiger partial charge is 0.339 e. The van der Waals surface area contributed by atoms with E-state index in [9.17, 15) is 0 Å². The molecule has 0 fully saturated rings. The van der Waals surface area contributed by atoms with E-state index in [1.165, 1.54) is 0 Å². The van der Waals surface area contributed by atoms with Gasteiger partial charge in [-0.25, -0.2) is 4.98 Å². The smallest absolute Gasteiger partial charge is 0.131 e. The van der Waals surface area contributed by atoms with E-state index in [0.717, 1.165) is 5.69 Å². The van der Waals surface area contributed by atoms with Crippen molar-refractivity contribution in [2.24, 2.45) is 12.5 Å². The van der Waals surface area contributed by atoms with Crippen LogP contribution in [0.4, 0.5) is 0 Å². The third-order valence-corrected chi connectivity index (χ3v) is 1.27. The molecule has 1 rings (SSSR count). The molecular weight excluding hydrogens is 148 g/mol. The molecule has 2 heteroatoms. The van der Waals surface area contributed by atoms with Crippen molar-refractivity contribution in [3.63, 3.8) is 0 Å². The number of hydrogen-bond donors (Lipinski definition) is 0. The first-order valence-corrected chi connectivity index (χ1v) is 3.98. The minimum absolute atomic E-state index is 0.0531. The molecule has 2 nitrogen and oxygen atoms in total. The highest BCUT2D eigenvalue weighted by molar-refractivity contribution is 5.26. The topological polar surface area (TPSA) is 17.8 Å². The molecular formula is C10H14N2. The van der Waals surface area contributed by atoms with Crippen LogP contribution in [0.25, 0.3) is 0 Å². The SMILES string of the molecule is Cn1cnc(C#CC(C)(C)C)c1. The van der Waals surface area contributed by atoms with E-state index in [4.69, 9.17) is 0 Å². The normalized spacial score (nSPS) is 10.7. The van der Waals surface area contributed by atoms with Crippen molar-refractivity contribution in [3.05, 3.63) is 18.2 Å². The van der Waals surface area contributed by atoms with Gasteiger partial charge in [-0.15, -0.1) is 0 Å². The first-order valence-electron chi connectivity index (χ1n) is 3.98. The summed E-state index contributed by atoms with van der Waals surface area (Å²) in [6, 6.07) is 0. The predicted octanol–water partition coefficient (Wildman–Crippen LogP) is 1.82. The standard InChI is InChI=1S/C10H14N2/c1-10(2,3)6-5-9-7-12(4)8-11-9/h7-8H,1-4H3. The van der Waals surface area contributed by atoms with Crippen molar-refractivity contribution < 1.29 is 0 Å². The van der Waals surface area contributed by atoms with Gasteiger partial charge >= 0.3 is 0 Å². The summed E-state index contributed by atoms with van der Waals surface area (Å²) in [4.78, 5) is 4.11. The molecule has 0 saturated heterocycles. The maximum absolute atomic E-state index is 4.11. The molecule has 0 aromatic carbocycles. The van der Waals surface area contributed by atoms with Gasteiger partial charge in [0.15, 0.2) is 0 Å². The highest BCUT2D eigenvalue weighted by Crippen LogP contribution is 2.10. The molecule has 0 aliphatic rings. The van der Waals surface area contributed by atoms with Gasteiger partial charge in [0.2, 0.25) is 0 Å². The van der Waals surface area contributed by atoms with Crippen LogP contribution in [0.2, 0.25) is 0 Å². The van der Waals surface area contributed by atoms with Crippen LogP contribution in [0.3, 0.4) is 0 Å². The van der Waals surface area contributed by atoms with Crippen molar-refractivity contribution in [2.45, 2.75) is 20.8 Å². The van der Waals surface area contributed by atoms with Gasteiger partial charge in [-0.05, 0) is 26.7 Å². The van der Waals surface area contributed by atoms with Gasteiger partial charge in [-0.2, -0.15) is 0 Å². The lowest BCUT2D eigenvalue weighted by molar-refractivity contribution is 0.571. The minimum Gasteiger partial charge on any atom is -0.339 e. The Morgan fingerprint density at radius 2 is 2.08 bits per heavy atom. The fraction of sp³-hybridized carbons (Fsp3) is 0.500. The van der Waals surface area contributed by atoms with E-state index < -0.39 is 0 Å². The van der Waals surface area contributed by atoms with Gasteiger partial charge in [0.25, 0.3) is 0 Å². The Morgan fingerprint density at radius 3 is 2.50 bits per heavy atom. The molecule has 1 heterocycles. The summed E-state index contributed by atoms with van der Waals surface area (Å²) in [5, 5.41) is 0. The molecule has 0 saturated carbocycles. The molecule has 0 atom stereocenters. The van der Waals surface area contributed by atoms with Gasteiger partial charge in [-0.3, -0.25) is 0 Å². The zero-order valence-corrected chi connectivity index (χ0v) is 8.05. The molecule has 0 bridgehead atoms. The molecule has 0 N–H and O–H groups in total. The third kappa shape index (κ3) is 2.79. The number of nitrogens with zero attached hydrogens (tertiary/aromatic N) is 2. The highest BCUT2D eigenvalue weighted by atomic mass is 15.0. The molecule has 12 heavy (non-hydrogen) atoms. The van der Waals surface area contributed by atoms with Crippen LogP contribution in [-0.4, -0.2) is 9.55 Å². The van der Waals surface area contributed by atoms with Crippen molar-refractivity contribution in [2.75, 3.05) is 0 Å². The Balaban J connectivity index is 2.80. The lowest BCUT2D eigenvalue weighted by atomic mass is 9.98. The van der Waals surface area contributed by atoms with Crippen molar-refractivity contribution in [3.8, 4) is 11.8 Å². The van der Waals surface area contributed by atoms with E-state index in [2.05, 4.69) is 37.6 Å². The summed E-state index contributed by atoms with van der Waals surface area (Å²) in [5.41, 5.74) is 0.893.